The second-order valence-corrected chi connectivity index (χ2v) is 11.4. The van der Waals surface area contributed by atoms with Crippen LogP contribution < -0.4 is 16.4 Å². The smallest absolute Gasteiger partial charge is 0.127 e. The fourth-order valence-electron chi connectivity index (χ4n) is 6.58. The number of benzene rings is 4. The van der Waals surface area contributed by atoms with Gasteiger partial charge in [0.25, 0.3) is 0 Å². The normalized spacial score (nSPS) is 20.0. The molecule has 2 atom stereocenters. The zero-order valence-corrected chi connectivity index (χ0v) is 23.3. The van der Waals surface area contributed by atoms with Crippen molar-refractivity contribution in [3.8, 4) is 11.1 Å². The lowest BCUT2D eigenvalue weighted by molar-refractivity contribution is 0.732. The molecule has 0 spiro atoms. The van der Waals surface area contributed by atoms with Gasteiger partial charge in [0, 0.05) is 33.8 Å². The summed E-state index contributed by atoms with van der Waals surface area (Å²) in [5, 5.41) is 0. The van der Waals surface area contributed by atoms with Gasteiger partial charge in [-0.25, -0.2) is 0 Å². The van der Waals surface area contributed by atoms with Crippen LogP contribution in [-0.2, 0) is 5.41 Å². The monoisotopic (exact) mass is 535 g/mol. The molecule has 0 saturated carbocycles. The van der Waals surface area contributed by atoms with Gasteiger partial charge in [-0.15, -0.1) is 0 Å². The fraction of sp³-hybridized carbons (Fsp3) is 0.167. The standard InChI is InChI=1S/C36H33N5/c1-36(2)29-20-21-31-32(33(29)40-34(36)25-8-4-3-5-9-25)28-10-6-7-11-30(28)41(31)27-18-16-24(17-19-27)23-12-14-26(15-13-23)35(38)39-22-37/h3-21,28,30H,22,37H2,1-2H3,(H2,38,39). The largest absolute Gasteiger partial charge is 0.383 e. The number of rotatable bonds is 5. The zero-order valence-electron chi connectivity index (χ0n) is 23.3. The number of amidine groups is 1. The summed E-state index contributed by atoms with van der Waals surface area (Å²) >= 11 is 0. The Balaban J connectivity index is 1.28. The maximum atomic E-state index is 6.01. The maximum Gasteiger partial charge on any atom is 0.127 e. The summed E-state index contributed by atoms with van der Waals surface area (Å²) in [4.78, 5) is 11.9. The summed E-state index contributed by atoms with van der Waals surface area (Å²) in [7, 11) is 0. The molecule has 0 aromatic heterocycles. The molecule has 3 aliphatic rings. The molecule has 4 aromatic rings. The lowest BCUT2D eigenvalue weighted by atomic mass is 9.77. The predicted octanol–water partition coefficient (Wildman–Crippen LogP) is 7.12. The average molecular weight is 536 g/mol. The van der Waals surface area contributed by atoms with Crippen molar-refractivity contribution >= 4 is 28.6 Å². The molecular formula is C36H33N5. The van der Waals surface area contributed by atoms with E-state index >= 15 is 0 Å². The van der Waals surface area contributed by atoms with Gasteiger partial charge in [-0.2, -0.15) is 0 Å². The van der Waals surface area contributed by atoms with E-state index in [1.807, 2.05) is 12.1 Å². The quantitative estimate of drug-likeness (QED) is 0.211. The zero-order chi connectivity index (χ0) is 28.1. The van der Waals surface area contributed by atoms with Crippen LogP contribution in [0, 0.1) is 0 Å². The van der Waals surface area contributed by atoms with Crippen LogP contribution in [0.15, 0.2) is 125 Å². The van der Waals surface area contributed by atoms with Gasteiger partial charge in [0.2, 0.25) is 0 Å². The molecule has 41 heavy (non-hydrogen) atoms. The predicted molar refractivity (Wildman–Crippen MR) is 171 cm³/mol. The molecule has 4 aromatic carbocycles. The molecule has 0 bridgehead atoms. The number of nitrogens with two attached hydrogens (primary N) is 2. The van der Waals surface area contributed by atoms with E-state index in [2.05, 4.69) is 127 Å². The Morgan fingerprint density at radius 2 is 1.51 bits per heavy atom. The Morgan fingerprint density at radius 3 is 2.22 bits per heavy atom. The molecule has 2 heterocycles. The lowest BCUT2D eigenvalue weighted by Crippen LogP contribution is -2.28. The molecule has 5 nitrogen and oxygen atoms in total. The number of aliphatic imine (C=N–C) groups is 2. The highest BCUT2D eigenvalue weighted by atomic mass is 15.2. The van der Waals surface area contributed by atoms with Gasteiger partial charge < -0.3 is 16.4 Å². The minimum Gasteiger partial charge on any atom is -0.383 e. The van der Waals surface area contributed by atoms with Crippen LogP contribution in [0.4, 0.5) is 17.1 Å². The van der Waals surface area contributed by atoms with E-state index < -0.39 is 0 Å². The summed E-state index contributed by atoms with van der Waals surface area (Å²) in [5.74, 6) is 0.703. The van der Waals surface area contributed by atoms with E-state index in [4.69, 9.17) is 16.5 Å². The number of hydrogen-bond donors (Lipinski definition) is 2. The van der Waals surface area contributed by atoms with Crippen molar-refractivity contribution in [2.75, 3.05) is 11.6 Å². The van der Waals surface area contributed by atoms with Crippen molar-refractivity contribution in [3.63, 3.8) is 0 Å². The Morgan fingerprint density at radius 1 is 0.829 bits per heavy atom. The summed E-state index contributed by atoms with van der Waals surface area (Å²) in [5.41, 5.74) is 23.0. The van der Waals surface area contributed by atoms with E-state index in [9.17, 15) is 0 Å². The molecule has 5 heteroatoms. The molecule has 1 aliphatic carbocycles. The Kier molecular flexibility index (Phi) is 5.98. The molecule has 2 unspecified atom stereocenters. The number of allylic oxidation sites excluding steroid dienone is 2. The Bertz CT molecular complexity index is 1740. The van der Waals surface area contributed by atoms with Crippen molar-refractivity contribution in [2.24, 2.45) is 21.5 Å². The van der Waals surface area contributed by atoms with Crippen LogP contribution in [0.25, 0.3) is 11.1 Å². The van der Waals surface area contributed by atoms with Crippen molar-refractivity contribution < 1.29 is 0 Å². The van der Waals surface area contributed by atoms with E-state index in [0.717, 1.165) is 28.1 Å². The summed E-state index contributed by atoms with van der Waals surface area (Å²) in [6.07, 6.45) is 8.99. The lowest BCUT2D eigenvalue weighted by Gasteiger charge is -2.29. The third kappa shape index (κ3) is 4.04. The molecule has 2 aliphatic heterocycles. The number of anilines is 2. The van der Waals surface area contributed by atoms with Crippen molar-refractivity contribution in [3.05, 3.63) is 138 Å². The van der Waals surface area contributed by atoms with Crippen LogP contribution in [-0.4, -0.2) is 24.3 Å². The number of hydrogen-bond acceptors (Lipinski definition) is 4. The highest BCUT2D eigenvalue weighted by molar-refractivity contribution is 6.13. The summed E-state index contributed by atoms with van der Waals surface area (Å²) in [6, 6.07) is 32.4. The Hall–Kier alpha value is -4.74. The average Bonchev–Trinajstić information content (AvgIpc) is 3.49. The Labute approximate surface area is 241 Å². The maximum absolute atomic E-state index is 6.01. The van der Waals surface area contributed by atoms with E-state index in [-0.39, 0.29) is 24.0 Å². The fourth-order valence-corrected chi connectivity index (χ4v) is 6.58. The first-order valence-corrected chi connectivity index (χ1v) is 14.1. The van der Waals surface area contributed by atoms with Gasteiger partial charge in [-0.3, -0.25) is 9.98 Å². The summed E-state index contributed by atoms with van der Waals surface area (Å²) in [6.45, 7) is 4.77. The van der Waals surface area contributed by atoms with Gasteiger partial charge >= 0.3 is 0 Å². The minimum absolute atomic E-state index is 0.166. The highest BCUT2D eigenvalue weighted by Gasteiger charge is 2.44. The molecule has 0 radical (unpaired) electrons. The van der Waals surface area contributed by atoms with E-state index in [1.54, 1.807) is 0 Å². The van der Waals surface area contributed by atoms with Gasteiger partial charge in [0.15, 0.2) is 0 Å². The first-order valence-electron chi connectivity index (χ1n) is 14.1. The van der Waals surface area contributed by atoms with Crippen molar-refractivity contribution in [2.45, 2.75) is 31.2 Å². The van der Waals surface area contributed by atoms with Gasteiger partial charge in [-0.05, 0) is 40.5 Å². The van der Waals surface area contributed by atoms with Crippen LogP contribution in [0.3, 0.4) is 0 Å². The third-order valence-electron chi connectivity index (χ3n) is 8.65. The molecule has 0 fully saturated rings. The minimum atomic E-state index is -0.166. The van der Waals surface area contributed by atoms with E-state index in [1.165, 1.54) is 28.1 Å². The highest BCUT2D eigenvalue weighted by Crippen LogP contribution is 2.56. The molecule has 7 rings (SSSR count). The first-order chi connectivity index (χ1) is 20.0. The van der Waals surface area contributed by atoms with Crippen LogP contribution in [0.5, 0.6) is 0 Å². The molecule has 202 valence electrons. The second kappa shape index (κ2) is 9.72. The van der Waals surface area contributed by atoms with Gasteiger partial charge in [0.05, 0.1) is 24.1 Å². The molecule has 0 saturated heterocycles. The SMILES string of the molecule is CC1(C)C(c2ccccc2)=Nc2c1ccc1c2C2C=CC=CC2N1c1ccc(-c2ccc(/C(N)=N/CN)cc2)cc1. The van der Waals surface area contributed by atoms with Crippen molar-refractivity contribution in [1.82, 2.24) is 0 Å². The number of nitrogens with zero attached hydrogens (tertiary/aromatic N) is 3. The van der Waals surface area contributed by atoms with Gasteiger partial charge in [0.1, 0.15) is 5.84 Å². The second-order valence-electron chi connectivity index (χ2n) is 11.4. The van der Waals surface area contributed by atoms with Crippen LogP contribution in [0.1, 0.15) is 42.0 Å². The molecule has 0 amide bonds. The third-order valence-corrected chi connectivity index (χ3v) is 8.65. The number of fused-ring (bicyclic) bond motifs is 5. The first kappa shape index (κ1) is 25.2. The molecule has 4 N–H and O–H groups in total. The van der Waals surface area contributed by atoms with Crippen molar-refractivity contribution in [1.29, 1.82) is 0 Å². The van der Waals surface area contributed by atoms with Crippen LogP contribution >= 0.6 is 0 Å². The molecular weight excluding hydrogens is 502 g/mol. The summed E-state index contributed by atoms with van der Waals surface area (Å²) < 4.78 is 0. The van der Waals surface area contributed by atoms with Gasteiger partial charge in [-0.1, -0.05) is 111 Å². The topological polar surface area (TPSA) is 80.0 Å². The van der Waals surface area contributed by atoms with E-state index in [0.29, 0.717) is 5.84 Å². The van der Waals surface area contributed by atoms with Crippen LogP contribution in [0.2, 0.25) is 0 Å².